The van der Waals surface area contributed by atoms with E-state index in [-0.39, 0.29) is 108 Å². The first kappa shape index (κ1) is 104. The average Bonchev–Trinajstić information content (AvgIpc) is 1.05. The molecule has 0 radical (unpaired) electrons. The highest BCUT2D eigenvalue weighted by Gasteiger charge is 2.47. The van der Waals surface area contributed by atoms with Gasteiger partial charge in [0.2, 0.25) is 106 Å². The SMILES string of the molecule is CCCC[C@H]1C(=O)N(C)[C@@H](CCCC)C(=O)N[C@@H](CC(C)C)C(=O)N[C@H](C(=O)NCC(=O)N2CCNC(=O)C2)CSCC(=O)N[C@@H](Cc2ccc(O)cc2)C(=O)N(C)[C@@H](C)C(=O)N[C@@H](CC(N)=O)C(=O)N2CCC[C@H]2C(=O)N[C@@H](CN)C(=O)N[C@@H](CC(C)C)C(=O)N2C[C@H](O)C[C@H]2C(=O)N[C@@H](Cc2c[nH]c3ccccc23)C(=O)NCC(=O)NC(Cc2c[nH]c3ccccc23)C(=O)N1C. The average molecular weight is 1870 g/mol. The van der Waals surface area contributed by atoms with Gasteiger partial charge in [0.25, 0.3) is 0 Å². The number of rotatable bonds is 22. The van der Waals surface area contributed by atoms with Gasteiger partial charge in [0.15, 0.2) is 0 Å². The topological polar surface area (TPSA) is 583 Å². The number of para-hydroxylation sites is 2. The summed E-state index contributed by atoms with van der Waals surface area (Å²) in [4.78, 5) is 275. The van der Waals surface area contributed by atoms with Crippen molar-refractivity contribution in [2.75, 3.05) is 85.0 Å². The lowest BCUT2D eigenvalue weighted by Crippen LogP contribution is -2.61. The Bertz CT molecular complexity index is 5030. The van der Waals surface area contributed by atoms with Crippen LogP contribution < -0.4 is 70.0 Å². The van der Waals surface area contributed by atoms with Crippen LogP contribution in [0, 0.1) is 11.8 Å². The molecule has 133 heavy (non-hydrogen) atoms. The fourth-order valence-electron chi connectivity index (χ4n) is 16.8. The molecule has 0 spiro atoms. The number of carbonyl (C=O) groups is 18. The van der Waals surface area contributed by atoms with Crippen LogP contribution in [-0.4, -0.2) is 326 Å². The van der Waals surface area contributed by atoms with Gasteiger partial charge in [-0.3, -0.25) is 86.3 Å². The van der Waals surface area contributed by atoms with Crippen molar-refractivity contribution in [1.29, 1.82) is 0 Å². The van der Waals surface area contributed by atoms with Crippen LogP contribution in [0.3, 0.4) is 0 Å². The number of likely N-dealkylation sites (N-methyl/N-ethyl adjacent to an activating group) is 3. The molecule has 19 N–H and O–H groups in total. The quantitative estimate of drug-likeness (QED) is 0.0355. The first-order valence-electron chi connectivity index (χ1n) is 45.3. The van der Waals surface area contributed by atoms with Crippen molar-refractivity contribution < 1.29 is 96.5 Å². The maximum absolute atomic E-state index is 15.6. The van der Waals surface area contributed by atoms with Gasteiger partial charge in [0.05, 0.1) is 37.9 Å². The number of aliphatic hydroxyl groups is 1. The van der Waals surface area contributed by atoms with E-state index >= 15 is 28.8 Å². The van der Waals surface area contributed by atoms with E-state index in [4.69, 9.17) is 11.5 Å². The fraction of sp³-hybridized carbons (Fsp3) is 0.560. The number of fused-ring (bicyclic) bond motifs is 4. The number of piperazine rings is 1. The Labute approximate surface area is 775 Å². The lowest BCUT2D eigenvalue weighted by atomic mass is 9.99. The van der Waals surface area contributed by atoms with Crippen LogP contribution in [0.5, 0.6) is 5.75 Å². The predicted octanol–water partition coefficient (Wildman–Crippen LogP) is -2.04. The molecule has 4 aliphatic heterocycles. The van der Waals surface area contributed by atoms with Crippen LogP contribution in [0.15, 0.2) is 85.2 Å². The number of aliphatic hydroxyl groups excluding tert-OH is 1. The number of amides is 18. The molecule has 14 atom stereocenters. The summed E-state index contributed by atoms with van der Waals surface area (Å²) in [5.41, 5.74) is 14.8. The monoisotopic (exact) mass is 1870 g/mol. The van der Waals surface area contributed by atoms with Crippen molar-refractivity contribution in [3.63, 3.8) is 0 Å². The summed E-state index contributed by atoms with van der Waals surface area (Å²) in [6.45, 7) is 9.47. The number of aromatic nitrogens is 2. The Balaban J connectivity index is 1.07. The van der Waals surface area contributed by atoms with Crippen LogP contribution in [-0.2, 0) is 106 Å². The molecule has 3 aromatic carbocycles. The Morgan fingerprint density at radius 2 is 1.08 bits per heavy atom. The molecule has 0 saturated carbocycles. The summed E-state index contributed by atoms with van der Waals surface area (Å²) in [6.07, 6.45) is 2.18. The van der Waals surface area contributed by atoms with Gasteiger partial charge in [-0.1, -0.05) is 116 Å². The number of carbonyl (C=O) groups excluding carboxylic acids is 18. The van der Waals surface area contributed by atoms with Gasteiger partial charge in [-0.2, -0.15) is 0 Å². The molecular formula is C91H129N21O20S. The Kier molecular flexibility index (Phi) is 38.4. The fourth-order valence-corrected chi connectivity index (χ4v) is 17.7. The number of benzene rings is 3. The third kappa shape index (κ3) is 28.7. The van der Waals surface area contributed by atoms with E-state index in [1.54, 1.807) is 76.5 Å². The van der Waals surface area contributed by atoms with Crippen molar-refractivity contribution in [3.05, 3.63) is 102 Å². The van der Waals surface area contributed by atoms with E-state index < -0.39 is 235 Å². The Hall–Kier alpha value is -12.7. The Morgan fingerprint density at radius 3 is 1.70 bits per heavy atom. The second kappa shape index (κ2) is 49.1. The number of unbranched alkanes of at least 4 members (excludes halogenated alkanes) is 2. The molecule has 5 aromatic rings. The number of primary amides is 1. The summed E-state index contributed by atoms with van der Waals surface area (Å²) in [6, 6.07) is 0.687. The van der Waals surface area contributed by atoms with E-state index in [0.717, 1.165) is 26.5 Å². The number of nitrogens with zero attached hydrogens (tertiary/aromatic N) is 6. The van der Waals surface area contributed by atoms with E-state index in [0.29, 0.717) is 64.2 Å². The highest BCUT2D eigenvalue weighted by molar-refractivity contribution is 8.00. The zero-order valence-corrected chi connectivity index (χ0v) is 77.8. The van der Waals surface area contributed by atoms with Crippen molar-refractivity contribution in [2.45, 2.75) is 229 Å². The highest BCUT2D eigenvalue weighted by Crippen LogP contribution is 2.28. The van der Waals surface area contributed by atoms with Crippen LogP contribution in [0.25, 0.3) is 21.8 Å². The Morgan fingerprint density at radius 1 is 0.541 bits per heavy atom. The number of nitrogens with one attached hydrogen (secondary N) is 13. The van der Waals surface area contributed by atoms with Gasteiger partial charge in [0, 0.05) is 120 Å². The van der Waals surface area contributed by atoms with E-state index in [9.17, 15) is 67.7 Å². The summed E-state index contributed by atoms with van der Waals surface area (Å²) in [7, 11) is 4.02. The number of nitrogens with two attached hydrogens (primary N) is 2. The van der Waals surface area contributed by atoms with E-state index in [1.165, 1.54) is 67.0 Å². The zero-order valence-electron chi connectivity index (χ0n) is 77.0. The van der Waals surface area contributed by atoms with E-state index in [2.05, 4.69) is 68.5 Å². The number of hydrogen-bond acceptors (Lipinski definition) is 22. The molecule has 18 amide bonds. The van der Waals surface area contributed by atoms with Gasteiger partial charge in [0.1, 0.15) is 84.3 Å². The minimum absolute atomic E-state index is 0.00444. The van der Waals surface area contributed by atoms with Crippen LogP contribution in [0.4, 0.5) is 0 Å². The third-order valence-corrected chi connectivity index (χ3v) is 25.3. The van der Waals surface area contributed by atoms with Crippen LogP contribution in [0.1, 0.15) is 142 Å². The second-order valence-corrected chi connectivity index (χ2v) is 36.3. The van der Waals surface area contributed by atoms with Gasteiger partial charge in [-0.25, -0.2) is 0 Å². The van der Waals surface area contributed by atoms with Crippen molar-refractivity contribution in [1.82, 2.24) is 97.9 Å². The molecule has 41 nitrogen and oxygen atoms in total. The molecule has 0 bridgehead atoms. The normalized spacial score (nSPS) is 25.2. The largest absolute Gasteiger partial charge is 0.508 e. The van der Waals surface area contributed by atoms with Crippen molar-refractivity contribution in [2.24, 2.45) is 23.3 Å². The van der Waals surface area contributed by atoms with Gasteiger partial charge in [-0.15, -0.1) is 11.8 Å². The zero-order chi connectivity index (χ0) is 97.2. The highest BCUT2D eigenvalue weighted by atomic mass is 32.2. The molecule has 4 fully saturated rings. The number of aromatic hydroxyl groups is 1. The van der Waals surface area contributed by atoms with Crippen LogP contribution in [0.2, 0.25) is 0 Å². The molecule has 9 rings (SSSR count). The lowest BCUT2D eigenvalue weighted by molar-refractivity contribution is -0.149. The molecule has 4 saturated heterocycles. The summed E-state index contributed by atoms with van der Waals surface area (Å²) < 4.78 is 0. The molecular weight excluding hydrogens is 1740 g/mol. The smallest absolute Gasteiger partial charge is 0.246 e. The first-order valence-corrected chi connectivity index (χ1v) is 46.5. The summed E-state index contributed by atoms with van der Waals surface area (Å²) in [5, 5.41) is 52.3. The minimum Gasteiger partial charge on any atom is -0.508 e. The van der Waals surface area contributed by atoms with Gasteiger partial charge < -0.3 is 120 Å². The minimum atomic E-state index is -1.76. The molecule has 42 heteroatoms. The number of phenolic OH excluding ortho intramolecular Hbond substituents is 1. The number of aromatic amines is 2. The lowest BCUT2D eigenvalue weighted by Gasteiger charge is -2.36. The molecule has 724 valence electrons. The second-order valence-electron chi connectivity index (χ2n) is 35.3. The molecule has 2 aromatic heterocycles. The van der Waals surface area contributed by atoms with Gasteiger partial charge >= 0.3 is 0 Å². The first-order chi connectivity index (χ1) is 63.3. The van der Waals surface area contributed by atoms with Crippen molar-refractivity contribution in [3.8, 4) is 5.75 Å². The summed E-state index contributed by atoms with van der Waals surface area (Å²) in [5.74, 6) is -17.1. The molecule has 4 aliphatic rings. The number of H-pyrrole nitrogens is 2. The number of phenols is 1. The summed E-state index contributed by atoms with van der Waals surface area (Å²) >= 11 is 0.801. The molecule has 1 unspecified atom stereocenters. The standard InChI is InChI=1S/C91H129N21O20S/c1-11-13-24-70-84(125)101-62(34-50(3)4)82(123)106-69(81(122)98-45-78(119)110-33-31-94-76(117)47-110)48-133-49-77(118)100-65(36-53-27-29-56(113)30-28-53)87(128)107(8)52(7)79(120)103-67(40-74(93)115)89(130)111-32-19-26-71(111)85(126)105-68(41-92)83(124)104-64(35-51(5)6)90(131)112-46-57(114)39-73(112)86(127)102-63(37-54-42-95-60-22-17-15-20-58(54)60)80(121)97-44-75(116)99-66(38-55-43-96-61-23-18-16-21-59(55)61)88(129)109(10)72(25-14-12-2)91(132)108(70)9/h15-18,20-23,27-30,42-43,50-52,57,62-73,95-96,113-114H,11-14,19,24-26,31-41,44-49,92H2,1-10H3,(H2,93,115)(H,94,117)(H,97,121)(H,98,122)(H,99,116)(H,100,118)(H,101,125)(H,102,127)(H,103,120)(H,104,124)(H,105,126)(H,106,123)/t52-,57+,62-,63-,64-,65-,66?,67-,68-,69-,70-,71-,72-,73-/m0/s1. The molecule has 6 heterocycles. The maximum atomic E-state index is 15.6. The third-order valence-electron chi connectivity index (χ3n) is 24.3. The predicted molar refractivity (Wildman–Crippen MR) is 491 cm³/mol. The van der Waals surface area contributed by atoms with Gasteiger partial charge in [-0.05, 0) is 98.2 Å². The van der Waals surface area contributed by atoms with Crippen molar-refractivity contribution >= 4 is 140 Å². The van der Waals surface area contributed by atoms with Crippen LogP contribution >= 0.6 is 11.8 Å². The maximum Gasteiger partial charge on any atom is 0.246 e. The number of thioether (sulfide) groups is 1. The van der Waals surface area contributed by atoms with E-state index in [1.807, 2.05) is 26.0 Å². The molecule has 0 aliphatic carbocycles. The number of hydrogen-bond donors (Lipinski definition) is 17.